The van der Waals surface area contributed by atoms with E-state index in [9.17, 15) is 4.79 Å². The summed E-state index contributed by atoms with van der Waals surface area (Å²) in [6, 6.07) is 8.16. The number of carbonyl (C=O) groups excluding carboxylic acids is 1. The highest BCUT2D eigenvalue weighted by Gasteiger charge is 2.68. The third kappa shape index (κ3) is 3.30. The van der Waals surface area contributed by atoms with Crippen LogP contribution in [0.5, 0.6) is 5.75 Å². The maximum absolute atomic E-state index is 12.6. The number of amides is 1. The van der Waals surface area contributed by atoms with Gasteiger partial charge in [0.1, 0.15) is 16.6 Å². The molecule has 0 aromatic heterocycles. The van der Waals surface area contributed by atoms with Gasteiger partial charge < -0.3 is 14.5 Å². The Morgan fingerprint density at radius 2 is 2.00 bits per heavy atom. The van der Waals surface area contributed by atoms with Gasteiger partial charge in [-0.3, -0.25) is 4.79 Å². The highest BCUT2D eigenvalue weighted by Crippen LogP contribution is 2.64. The van der Waals surface area contributed by atoms with Crippen LogP contribution in [0.1, 0.15) is 18.9 Å². The Labute approximate surface area is 147 Å². The van der Waals surface area contributed by atoms with Gasteiger partial charge in [-0.25, -0.2) is 0 Å². The second-order valence-electron chi connectivity index (χ2n) is 6.78. The van der Waals surface area contributed by atoms with E-state index in [1.54, 1.807) is 7.11 Å². The van der Waals surface area contributed by atoms with Gasteiger partial charge in [0, 0.05) is 5.56 Å². The molecule has 4 nitrogen and oxygen atoms in total. The topological polar surface area (TPSA) is 34.0 Å². The van der Waals surface area contributed by atoms with E-state index in [0.717, 1.165) is 38.5 Å². The first-order valence-electron chi connectivity index (χ1n) is 7.99. The fourth-order valence-corrected chi connectivity index (χ4v) is 3.95. The predicted molar refractivity (Wildman–Crippen MR) is 91.1 cm³/mol. The van der Waals surface area contributed by atoms with Crippen LogP contribution in [0.25, 0.3) is 0 Å². The van der Waals surface area contributed by atoms with Crippen molar-refractivity contribution in [3.63, 3.8) is 0 Å². The standard InChI is InChI=1S/C17H22Cl2N2O2/c1-16(12-17(16,18)19)15(22)21-8-6-20(7-9-21)11-13-4-3-5-14(10-13)23-2/h3-5,10H,6-9,11-12H2,1-2H3/p+1/t16-/m0/s1. The Hall–Kier alpha value is -0.970. The molecule has 6 heteroatoms. The van der Waals surface area contributed by atoms with Crippen molar-refractivity contribution in [1.29, 1.82) is 0 Å². The maximum Gasteiger partial charge on any atom is 0.232 e. The Morgan fingerprint density at radius 1 is 1.35 bits per heavy atom. The number of hydrogen-bond acceptors (Lipinski definition) is 2. The van der Waals surface area contributed by atoms with E-state index in [-0.39, 0.29) is 5.91 Å². The van der Waals surface area contributed by atoms with Crippen molar-refractivity contribution >= 4 is 29.1 Å². The van der Waals surface area contributed by atoms with Crippen molar-refractivity contribution in [2.75, 3.05) is 33.3 Å². The summed E-state index contributed by atoms with van der Waals surface area (Å²) in [6.07, 6.45) is 0.554. The summed E-state index contributed by atoms with van der Waals surface area (Å²) in [5, 5.41) is 0. The van der Waals surface area contributed by atoms with Crippen LogP contribution in [-0.2, 0) is 11.3 Å². The van der Waals surface area contributed by atoms with Crippen LogP contribution in [-0.4, -0.2) is 48.4 Å². The number of ether oxygens (including phenoxy) is 1. The molecule has 0 bridgehead atoms. The molecule has 1 N–H and O–H groups in total. The van der Waals surface area contributed by atoms with E-state index in [1.807, 2.05) is 24.0 Å². The van der Waals surface area contributed by atoms with Gasteiger partial charge in [-0.1, -0.05) is 12.1 Å². The zero-order chi connectivity index (χ0) is 16.7. The van der Waals surface area contributed by atoms with Crippen LogP contribution in [0.2, 0.25) is 0 Å². The quantitative estimate of drug-likeness (QED) is 0.828. The molecule has 1 aliphatic carbocycles. The number of quaternary nitrogens is 1. The summed E-state index contributed by atoms with van der Waals surface area (Å²) in [6.45, 7) is 6.22. The van der Waals surface area contributed by atoms with Gasteiger partial charge in [-0.05, 0) is 25.5 Å². The molecule has 0 radical (unpaired) electrons. The minimum Gasteiger partial charge on any atom is -0.497 e. The van der Waals surface area contributed by atoms with Crippen LogP contribution in [0, 0.1) is 5.41 Å². The molecule has 1 aromatic rings. The molecule has 126 valence electrons. The number of rotatable bonds is 4. The molecule has 1 aromatic carbocycles. The Kier molecular flexibility index (Phi) is 4.51. The molecule has 0 spiro atoms. The number of alkyl halides is 2. The lowest BCUT2D eigenvalue weighted by molar-refractivity contribution is -0.917. The molecule has 0 unspecified atom stereocenters. The van der Waals surface area contributed by atoms with Crippen LogP contribution in [0.3, 0.4) is 0 Å². The van der Waals surface area contributed by atoms with E-state index < -0.39 is 9.75 Å². The second kappa shape index (κ2) is 6.15. The minimum absolute atomic E-state index is 0.0999. The number of piperazine rings is 1. The van der Waals surface area contributed by atoms with Gasteiger partial charge in [0.25, 0.3) is 0 Å². The van der Waals surface area contributed by atoms with Crippen molar-refractivity contribution in [3.8, 4) is 5.75 Å². The lowest BCUT2D eigenvalue weighted by atomic mass is 10.1. The first kappa shape index (κ1) is 16.9. The molecule has 1 heterocycles. The van der Waals surface area contributed by atoms with Gasteiger partial charge in [0.2, 0.25) is 5.91 Å². The molecule has 1 atom stereocenters. The fourth-order valence-electron chi connectivity index (χ4n) is 3.25. The van der Waals surface area contributed by atoms with Gasteiger partial charge in [-0.2, -0.15) is 0 Å². The molecule has 1 saturated carbocycles. The fraction of sp³-hybridized carbons (Fsp3) is 0.588. The Balaban J connectivity index is 1.53. The van der Waals surface area contributed by atoms with Gasteiger partial charge >= 0.3 is 0 Å². The summed E-state index contributed by atoms with van der Waals surface area (Å²) in [5.74, 6) is 0.987. The molecule has 2 aliphatic rings. The van der Waals surface area contributed by atoms with Gasteiger partial charge in [0.15, 0.2) is 0 Å². The van der Waals surface area contributed by atoms with Crippen LogP contribution < -0.4 is 9.64 Å². The van der Waals surface area contributed by atoms with Crippen molar-refractivity contribution < 1.29 is 14.4 Å². The third-order valence-corrected chi connectivity index (χ3v) is 6.18. The zero-order valence-electron chi connectivity index (χ0n) is 13.6. The number of nitrogens with one attached hydrogen (secondary N) is 1. The van der Waals surface area contributed by atoms with Crippen molar-refractivity contribution in [1.82, 2.24) is 4.90 Å². The van der Waals surface area contributed by atoms with Gasteiger partial charge in [-0.15, -0.1) is 23.2 Å². The number of carbonyl (C=O) groups is 1. The zero-order valence-corrected chi connectivity index (χ0v) is 15.1. The van der Waals surface area contributed by atoms with E-state index in [4.69, 9.17) is 27.9 Å². The van der Waals surface area contributed by atoms with E-state index in [1.165, 1.54) is 10.5 Å². The highest BCUT2D eigenvalue weighted by molar-refractivity contribution is 6.53. The first-order chi connectivity index (χ1) is 10.9. The summed E-state index contributed by atoms with van der Waals surface area (Å²) in [7, 11) is 1.68. The van der Waals surface area contributed by atoms with Crippen molar-refractivity contribution in [3.05, 3.63) is 29.8 Å². The molecule has 1 aliphatic heterocycles. The van der Waals surface area contributed by atoms with Crippen LogP contribution in [0.4, 0.5) is 0 Å². The minimum atomic E-state index is -0.880. The van der Waals surface area contributed by atoms with Crippen LogP contribution in [0.15, 0.2) is 24.3 Å². The highest BCUT2D eigenvalue weighted by atomic mass is 35.5. The van der Waals surface area contributed by atoms with E-state index in [2.05, 4.69) is 12.1 Å². The van der Waals surface area contributed by atoms with E-state index >= 15 is 0 Å². The van der Waals surface area contributed by atoms with E-state index in [0.29, 0.717) is 6.42 Å². The molecule has 1 amide bonds. The third-order valence-electron chi connectivity index (χ3n) is 5.08. The molecule has 2 fully saturated rings. The summed E-state index contributed by atoms with van der Waals surface area (Å²) < 4.78 is 4.39. The molecule has 1 saturated heterocycles. The predicted octanol–water partition coefficient (Wildman–Crippen LogP) is 1.51. The molecule has 3 rings (SSSR count). The smallest absolute Gasteiger partial charge is 0.232 e. The summed E-state index contributed by atoms with van der Waals surface area (Å²) in [4.78, 5) is 16.0. The average Bonchev–Trinajstić information content (AvgIpc) is 3.07. The molecular weight excluding hydrogens is 335 g/mol. The molecular formula is C17H23Cl2N2O2+. The van der Waals surface area contributed by atoms with Crippen molar-refractivity contribution in [2.45, 2.75) is 24.2 Å². The number of nitrogens with zero attached hydrogens (tertiary/aromatic N) is 1. The summed E-state index contributed by atoms with van der Waals surface area (Å²) in [5.41, 5.74) is 0.661. The number of halogens is 2. The lowest BCUT2D eigenvalue weighted by Gasteiger charge is -2.34. The number of benzene rings is 1. The Bertz CT molecular complexity index is 600. The number of hydrogen-bond donors (Lipinski definition) is 1. The monoisotopic (exact) mass is 357 g/mol. The first-order valence-corrected chi connectivity index (χ1v) is 8.75. The molecule has 23 heavy (non-hydrogen) atoms. The lowest BCUT2D eigenvalue weighted by Crippen LogP contribution is -3.13. The SMILES string of the molecule is COc1cccc(C[NH+]2CCN(C(=O)[C@]3(C)CC3(Cl)Cl)CC2)c1. The summed E-state index contributed by atoms with van der Waals surface area (Å²) >= 11 is 12.3. The average molecular weight is 358 g/mol. The Morgan fingerprint density at radius 3 is 2.57 bits per heavy atom. The normalized spacial score (nSPS) is 26.9. The second-order valence-corrected chi connectivity index (χ2v) is 8.27. The largest absolute Gasteiger partial charge is 0.497 e. The van der Waals surface area contributed by atoms with Crippen molar-refractivity contribution in [2.24, 2.45) is 5.41 Å². The number of methoxy groups -OCH3 is 1. The van der Waals surface area contributed by atoms with Crippen LogP contribution >= 0.6 is 23.2 Å². The van der Waals surface area contributed by atoms with Gasteiger partial charge in [0.05, 0.1) is 38.7 Å². The maximum atomic E-state index is 12.6.